The highest BCUT2D eigenvalue weighted by atomic mass is 35.5. The van der Waals surface area contributed by atoms with Crippen LogP contribution in [0.3, 0.4) is 0 Å². The fraction of sp³-hybridized carbons (Fsp3) is 0.0741. The van der Waals surface area contributed by atoms with Gasteiger partial charge in [0.15, 0.2) is 5.82 Å². The Morgan fingerprint density at radius 2 is 1.64 bits per heavy atom. The molecule has 4 heterocycles. The number of imide groups is 1. The van der Waals surface area contributed by atoms with Crippen molar-refractivity contribution < 1.29 is 14.3 Å². The monoisotopic (exact) mass is 495 g/mol. The van der Waals surface area contributed by atoms with Gasteiger partial charge in [0.05, 0.1) is 28.5 Å². The molecule has 9 heteroatoms. The van der Waals surface area contributed by atoms with Gasteiger partial charge in [0.1, 0.15) is 11.3 Å². The first-order chi connectivity index (χ1) is 17.6. The standard InChI is InChI=1S/C27H18ClN5O3/c28-21-9-5-12-30-23(21)16-14-20-24(22(15-16)36-13-10-17-6-3-4-11-29-17)31-32-25(20)33-26(34)18-7-1-2-8-19(18)27(33)35/h1-9,11-12,14-15H,10,13H2,(H,31,32). The summed E-state index contributed by atoms with van der Waals surface area (Å²) in [6.07, 6.45) is 3.98. The lowest BCUT2D eigenvalue weighted by molar-refractivity contribution is 0.0925. The molecule has 5 aromatic rings. The van der Waals surface area contributed by atoms with Crippen molar-refractivity contribution in [1.29, 1.82) is 0 Å². The third kappa shape index (κ3) is 3.68. The number of nitrogens with zero attached hydrogens (tertiary/aromatic N) is 4. The normalized spacial score (nSPS) is 12.9. The Labute approximate surface area is 210 Å². The molecule has 0 atom stereocenters. The van der Waals surface area contributed by atoms with E-state index in [1.165, 1.54) is 0 Å². The molecule has 1 N–H and O–H groups in total. The zero-order chi connectivity index (χ0) is 24.6. The van der Waals surface area contributed by atoms with E-state index in [1.807, 2.05) is 24.3 Å². The smallest absolute Gasteiger partial charge is 0.267 e. The number of pyridine rings is 2. The van der Waals surface area contributed by atoms with E-state index in [4.69, 9.17) is 16.3 Å². The number of rotatable bonds is 6. The maximum absolute atomic E-state index is 13.2. The Morgan fingerprint density at radius 1 is 0.889 bits per heavy atom. The van der Waals surface area contributed by atoms with Crippen molar-refractivity contribution in [3.63, 3.8) is 0 Å². The number of anilines is 1. The molecule has 2 aromatic carbocycles. The van der Waals surface area contributed by atoms with Crippen molar-refractivity contribution in [3.8, 4) is 17.0 Å². The van der Waals surface area contributed by atoms with Gasteiger partial charge in [0.2, 0.25) is 0 Å². The zero-order valence-electron chi connectivity index (χ0n) is 18.8. The number of benzene rings is 2. The predicted molar refractivity (Wildman–Crippen MR) is 135 cm³/mol. The average Bonchev–Trinajstić information content (AvgIpc) is 3.43. The lowest BCUT2D eigenvalue weighted by atomic mass is 10.1. The van der Waals surface area contributed by atoms with Crippen molar-refractivity contribution in [2.45, 2.75) is 6.42 Å². The summed E-state index contributed by atoms with van der Waals surface area (Å²) in [4.78, 5) is 36.1. The van der Waals surface area contributed by atoms with Crippen molar-refractivity contribution in [1.82, 2.24) is 20.2 Å². The van der Waals surface area contributed by atoms with Crippen LogP contribution in [-0.2, 0) is 6.42 Å². The van der Waals surface area contributed by atoms with Gasteiger partial charge in [-0.3, -0.25) is 24.7 Å². The van der Waals surface area contributed by atoms with Gasteiger partial charge in [-0.2, -0.15) is 5.10 Å². The molecular weight excluding hydrogens is 478 g/mol. The number of carbonyl (C=O) groups is 2. The molecule has 6 rings (SSSR count). The van der Waals surface area contributed by atoms with Gasteiger partial charge in [-0.25, -0.2) is 4.90 Å². The van der Waals surface area contributed by atoms with E-state index in [2.05, 4.69) is 20.2 Å². The number of hydrogen-bond donors (Lipinski definition) is 1. The number of carbonyl (C=O) groups excluding carboxylic acids is 2. The summed E-state index contributed by atoms with van der Waals surface area (Å²) in [6, 6.07) is 19.6. The topological polar surface area (TPSA) is 101 Å². The molecular formula is C27H18ClN5O3. The first kappa shape index (κ1) is 21.9. The number of H-pyrrole nitrogens is 1. The van der Waals surface area contributed by atoms with E-state index in [-0.39, 0.29) is 5.82 Å². The molecule has 0 spiro atoms. The molecule has 1 aliphatic heterocycles. The Morgan fingerprint density at radius 3 is 2.36 bits per heavy atom. The van der Waals surface area contributed by atoms with E-state index >= 15 is 0 Å². The highest BCUT2D eigenvalue weighted by molar-refractivity contribution is 6.36. The molecule has 36 heavy (non-hydrogen) atoms. The fourth-order valence-electron chi connectivity index (χ4n) is 4.29. The second-order valence-corrected chi connectivity index (χ2v) is 8.60. The van der Waals surface area contributed by atoms with Gasteiger partial charge in [0.25, 0.3) is 11.8 Å². The summed E-state index contributed by atoms with van der Waals surface area (Å²) < 4.78 is 6.15. The highest BCUT2D eigenvalue weighted by Crippen LogP contribution is 2.39. The van der Waals surface area contributed by atoms with Crippen LogP contribution in [0.2, 0.25) is 5.02 Å². The van der Waals surface area contributed by atoms with Gasteiger partial charge in [-0.05, 0) is 48.5 Å². The number of fused-ring (bicyclic) bond motifs is 2. The maximum Gasteiger partial charge on any atom is 0.267 e. The summed E-state index contributed by atoms with van der Waals surface area (Å²) in [6.45, 7) is 0.354. The molecule has 0 saturated carbocycles. The molecule has 2 amide bonds. The molecule has 0 bridgehead atoms. The maximum atomic E-state index is 13.2. The van der Waals surface area contributed by atoms with Crippen LogP contribution < -0.4 is 9.64 Å². The van der Waals surface area contributed by atoms with Crippen LogP contribution in [0.5, 0.6) is 5.75 Å². The van der Waals surface area contributed by atoms with Crippen molar-refractivity contribution in [2.24, 2.45) is 0 Å². The lowest BCUT2D eigenvalue weighted by Gasteiger charge is -2.13. The molecule has 0 aliphatic carbocycles. The van der Waals surface area contributed by atoms with Gasteiger partial charge in [0, 0.05) is 35.5 Å². The second-order valence-electron chi connectivity index (χ2n) is 8.19. The van der Waals surface area contributed by atoms with E-state index in [0.717, 1.165) is 10.6 Å². The highest BCUT2D eigenvalue weighted by Gasteiger charge is 2.38. The number of ether oxygens (including phenoxy) is 1. The van der Waals surface area contributed by atoms with E-state index in [9.17, 15) is 9.59 Å². The summed E-state index contributed by atoms with van der Waals surface area (Å²) >= 11 is 6.44. The molecule has 1 aliphatic rings. The van der Waals surface area contributed by atoms with E-state index in [0.29, 0.717) is 57.1 Å². The Hall–Kier alpha value is -4.56. The van der Waals surface area contributed by atoms with Crippen LogP contribution in [0.15, 0.2) is 79.1 Å². The van der Waals surface area contributed by atoms with Crippen molar-refractivity contribution >= 4 is 40.1 Å². The fourth-order valence-corrected chi connectivity index (χ4v) is 4.52. The van der Waals surface area contributed by atoms with Crippen molar-refractivity contribution in [3.05, 3.63) is 101 Å². The Bertz CT molecular complexity index is 1600. The number of aromatic amines is 1. The molecule has 3 aromatic heterocycles. The third-order valence-corrected chi connectivity index (χ3v) is 6.30. The molecule has 0 fully saturated rings. The van der Waals surface area contributed by atoms with Crippen LogP contribution in [-0.4, -0.2) is 38.6 Å². The molecule has 0 radical (unpaired) electrons. The Kier molecular flexibility index (Phi) is 5.42. The number of nitrogens with one attached hydrogen (secondary N) is 1. The van der Waals surface area contributed by atoms with Crippen LogP contribution in [0.25, 0.3) is 22.2 Å². The third-order valence-electron chi connectivity index (χ3n) is 6.00. The first-order valence-corrected chi connectivity index (χ1v) is 11.6. The van der Waals surface area contributed by atoms with Crippen molar-refractivity contribution in [2.75, 3.05) is 11.5 Å². The molecule has 0 saturated heterocycles. The number of aromatic nitrogens is 4. The second kappa shape index (κ2) is 8.90. The summed E-state index contributed by atoms with van der Waals surface area (Å²) in [7, 11) is 0. The molecule has 8 nitrogen and oxygen atoms in total. The summed E-state index contributed by atoms with van der Waals surface area (Å²) in [5.41, 5.74) is 3.35. The number of halogens is 1. The minimum Gasteiger partial charge on any atom is -0.491 e. The molecule has 176 valence electrons. The summed E-state index contributed by atoms with van der Waals surface area (Å²) in [5.74, 6) is -0.166. The van der Waals surface area contributed by atoms with Crippen LogP contribution in [0.4, 0.5) is 5.82 Å². The quantitative estimate of drug-likeness (QED) is 0.329. The summed E-state index contributed by atoms with van der Waals surface area (Å²) in [5, 5.41) is 8.31. The number of hydrogen-bond acceptors (Lipinski definition) is 6. The van der Waals surface area contributed by atoms with E-state index < -0.39 is 11.8 Å². The minimum atomic E-state index is -0.428. The van der Waals surface area contributed by atoms with E-state index in [1.54, 1.807) is 54.9 Å². The largest absolute Gasteiger partial charge is 0.491 e. The van der Waals surface area contributed by atoms with Gasteiger partial charge < -0.3 is 4.74 Å². The van der Waals surface area contributed by atoms with Crippen LogP contribution in [0, 0.1) is 0 Å². The number of amides is 2. The SMILES string of the molecule is O=C1c2ccccc2C(=O)N1c1n[nH]c2c(OCCc3ccccn3)cc(-c3ncccc3Cl)cc12. The minimum absolute atomic E-state index is 0.194. The first-order valence-electron chi connectivity index (χ1n) is 11.3. The molecule has 0 unspecified atom stereocenters. The van der Waals surface area contributed by atoms with Gasteiger partial charge in [-0.1, -0.05) is 29.8 Å². The predicted octanol–water partition coefficient (Wildman–Crippen LogP) is 5.10. The van der Waals surface area contributed by atoms with Crippen LogP contribution in [0.1, 0.15) is 26.4 Å². The van der Waals surface area contributed by atoms with Gasteiger partial charge in [-0.15, -0.1) is 0 Å². The Balaban J connectivity index is 1.44. The lowest BCUT2D eigenvalue weighted by Crippen LogP contribution is -2.29. The van der Waals surface area contributed by atoms with Gasteiger partial charge >= 0.3 is 0 Å². The average molecular weight is 496 g/mol. The van der Waals surface area contributed by atoms with Crippen LogP contribution >= 0.6 is 11.6 Å². The zero-order valence-corrected chi connectivity index (χ0v) is 19.6.